The first kappa shape index (κ1) is 26.9. The number of rotatable bonds is 8. The molecule has 3 heterocycles. The molecule has 6 nitrogen and oxygen atoms in total. The minimum absolute atomic E-state index is 0.00243. The number of halogens is 5. The maximum absolute atomic E-state index is 13.8. The zero-order chi connectivity index (χ0) is 26.6. The molecule has 2 aromatic heterocycles. The number of pyridine rings is 1. The molecule has 0 amide bonds. The molecule has 1 aliphatic rings. The Kier molecular flexibility index (Phi) is 8.36. The van der Waals surface area contributed by atoms with Crippen molar-refractivity contribution in [2.45, 2.75) is 32.9 Å². The summed E-state index contributed by atoms with van der Waals surface area (Å²) in [6.07, 6.45) is -1.27. The first-order valence-corrected chi connectivity index (χ1v) is 12.7. The molecule has 198 valence electrons. The normalized spacial score (nSPS) is 14.2. The SMILES string of the molecule is CCCN(CCC)c1nc(-c2ccc(F)c(Cl)c2)cc(N2CCN(c3ncccc3C(F)(F)F)CC2)n1. The van der Waals surface area contributed by atoms with Crippen LogP contribution < -0.4 is 14.7 Å². The van der Waals surface area contributed by atoms with E-state index in [4.69, 9.17) is 21.6 Å². The van der Waals surface area contributed by atoms with Crippen molar-refractivity contribution >= 4 is 29.2 Å². The molecule has 1 aliphatic heterocycles. The van der Waals surface area contributed by atoms with Gasteiger partial charge in [-0.1, -0.05) is 25.4 Å². The van der Waals surface area contributed by atoms with Crippen LogP contribution in [0.1, 0.15) is 32.3 Å². The molecule has 0 unspecified atom stereocenters. The van der Waals surface area contributed by atoms with E-state index in [1.165, 1.54) is 24.4 Å². The topological polar surface area (TPSA) is 48.4 Å². The minimum Gasteiger partial charge on any atom is -0.353 e. The van der Waals surface area contributed by atoms with Crippen molar-refractivity contribution < 1.29 is 17.6 Å². The minimum atomic E-state index is -4.48. The Morgan fingerprint density at radius 3 is 2.24 bits per heavy atom. The number of benzene rings is 1. The molecule has 37 heavy (non-hydrogen) atoms. The molecule has 4 rings (SSSR count). The third kappa shape index (κ3) is 6.23. The highest BCUT2D eigenvalue weighted by Crippen LogP contribution is 2.36. The lowest BCUT2D eigenvalue weighted by Crippen LogP contribution is -2.47. The number of anilines is 3. The van der Waals surface area contributed by atoms with Gasteiger partial charge in [0.1, 0.15) is 17.5 Å². The van der Waals surface area contributed by atoms with Gasteiger partial charge in [-0.3, -0.25) is 0 Å². The quantitative estimate of drug-likeness (QED) is 0.315. The fraction of sp³-hybridized carbons (Fsp3) is 0.423. The van der Waals surface area contributed by atoms with Gasteiger partial charge in [0, 0.05) is 57.1 Å². The summed E-state index contributed by atoms with van der Waals surface area (Å²) in [7, 11) is 0. The van der Waals surface area contributed by atoms with Crippen LogP contribution in [0.5, 0.6) is 0 Å². The van der Waals surface area contributed by atoms with Gasteiger partial charge in [0.05, 0.1) is 16.3 Å². The van der Waals surface area contributed by atoms with Crippen LogP contribution in [0, 0.1) is 5.82 Å². The largest absolute Gasteiger partial charge is 0.419 e. The van der Waals surface area contributed by atoms with Crippen LogP contribution in [0.4, 0.5) is 35.1 Å². The average Bonchev–Trinajstić information content (AvgIpc) is 2.89. The molecule has 1 aromatic carbocycles. The van der Waals surface area contributed by atoms with Crippen molar-refractivity contribution in [1.29, 1.82) is 0 Å². The maximum atomic E-state index is 13.8. The number of hydrogen-bond acceptors (Lipinski definition) is 6. The fourth-order valence-electron chi connectivity index (χ4n) is 4.40. The third-order valence-corrected chi connectivity index (χ3v) is 6.47. The number of alkyl halides is 3. The van der Waals surface area contributed by atoms with Crippen LogP contribution in [-0.4, -0.2) is 54.2 Å². The molecule has 1 saturated heterocycles. The summed E-state index contributed by atoms with van der Waals surface area (Å²) in [6, 6.07) is 8.64. The lowest BCUT2D eigenvalue weighted by atomic mass is 10.1. The Labute approximate surface area is 218 Å². The van der Waals surface area contributed by atoms with Crippen molar-refractivity contribution in [2.75, 3.05) is 54.0 Å². The van der Waals surface area contributed by atoms with E-state index in [1.54, 1.807) is 11.0 Å². The Morgan fingerprint density at radius 1 is 0.946 bits per heavy atom. The summed E-state index contributed by atoms with van der Waals surface area (Å²) in [5.41, 5.74) is 0.523. The Hall–Kier alpha value is -3.14. The van der Waals surface area contributed by atoms with E-state index < -0.39 is 17.6 Å². The zero-order valence-electron chi connectivity index (χ0n) is 20.8. The molecule has 0 radical (unpaired) electrons. The highest BCUT2D eigenvalue weighted by Gasteiger charge is 2.36. The summed E-state index contributed by atoms with van der Waals surface area (Å²) in [5.74, 6) is 0.650. The van der Waals surface area contributed by atoms with Crippen molar-refractivity contribution in [2.24, 2.45) is 0 Å². The summed E-state index contributed by atoms with van der Waals surface area (Å²) in [6.45, 7) is 7.32. The number of aromatic nitrogens is 3. The zero-order valence-corrected chi connectivity index (χ0v) is 21.5. The second-order valence-electron chi connectivity index (χ2n) is 8.87. The Balaban J connectivity index is 1.64. The number of nitrogens with zero attached hydrogens (tertiary/aromatic N) is 6. The van der Waals surface area contributed by atoms with Crippen LogP contribution in [0.3, 0.4) is 0 Å². The summed E-state index contributed by atoms with van der Waals surface area (Å²) in [4.78, 5) is 19.4. The van der Waals surface area contributed by atoms with Crippen LogP contribution >= 0.6 is 11.6 Å². The van der Waals surface area contributed by atoms with Crippen molar-refractivity contribution in [1.82, 2.24) is 15.0 Å². The first-order valence-electron chi connectivity index (χ1n) is 12.3. The molecule has 0 bridgehead atoms. The lowest BCUT2D eigenvalue weighted by molar-refractivity contribution is -0.137. The van der Waals surface area contributed by atoms with Gasteiger partial charge in [0.15, 0.2) is 0 Å². The second-order valence-corrected chi connectivity index (χ2v) is 9.28. The predicted molar refractivity (Wildman–Crippen MR) is 139 cm³/mol. The van der Waals surface area contributed by atoms with Crippen LogP contribution in [-0.2, 0) is 6.18 Å². The van der Waals surface area contributed by atoms with Crippen LogP contribution in [0.25, 0.3) is 11.3 Å². The summed E-state index contributed by atoms with van der Waals surface area (Å²) < 4.78 is 54.4. The monoisotopic (exact) mass is 536 g/mol. The Morgan fingerprint density at radius 2 is 1.62 bits per heavy atom. The molecular formula is C26H29ClF4N6. The highest BCUT2D eigenvalue weighted by molar-refractivity contribution is 6.31. The summed E-state index contributed by atoms with van der Waals surface area (Å²) in [5, 5.41) is 0.00243. The van der Waals surface area contributed by atoms with E-state index in [1.807, 2.05) is 11.0 Å². The van der Waals surface area contributed by atoms with Crippen molar-refractivity contribution in [3.8, 4) is 11.3 Å². The molecule has 0 N–H and O–H groups in total. The van der Waals surface area contributed by atoms with Gasteiger partial charge in [-0.15, -0.1) is 0 Å². The van der Waals surface area contributed by atoms with Gasteiger partial charge < -0.3 is 14.7 Å². The average molecular weight is 537 g/mol. The molecule has 11 heteroatoms. The van der Waals surface area contributed by atoms with E-state index in [-0.39, 0.29) is 10.8 Å². The number of hydrogen-bond donors (Lipinski definition) is 0. The van der Waals surface area contributed by atoms with E-state index >= 15 is 0 Å². The lowest BCUT2D eigenvalue weighted by Gasteiger charge is -2.37. The van der Waals surface area contributed by atoms with Crippen molar-refractivity contribution in [3.05, 3.63) is 59.0 Å². The van der Waals surface area contributed by atoms with Crippen LogP contribution in [0.2, 0.25) is 5.02 Å². The molecule has 3 aromatic rings. The van der Waals surface area contributed by atoms with Crippen molar-refractivity contribution in [3.63, 3.8) is 0 Å². The van der Waals surface area contributed by atoms with Gasteiger partial charge in [0.2, 0.25) is 5.95 Å². The third-order valence-electron chi connectivity index (χ3n) is 6.18. The van der Waals surface area contributed by atoms with E-state index in [0.29, 0.717) is 49.2 Å². The summed E-state index contributed by atoms with van der Waals surface area (Å²) >= 11 is 6.04. The highest BCUT2D eigenvalue weighted by atomic mass is 35.5. The predicted octanol–water partition coefficient (Wildman–Crippen LogP) is 6.30. The maximum Gasteiger partial charge on any atom is 0.419 e. The van der Waals surface area contributed by atoms with Gasteiger partial charge in [0.25, 0.3) is 0 Å². The van der Waals surface area contributed by atoms with E-state index in [9.17, 15) is 17.6 Å². The van der Waals surface area contributed by atoms with Gasteiger partial charge in [-0.2, -0.15) is 18.2 Å². The smallest absolute Gasteiger partial charge is 0.353 e. The first-order chi connectivity index (χ1) is 17.7. The molecule has 0 spiro atoms. The van der Waals surface area contributed by atoms with Gasteiger partial charge in [-0.25, -0.2) is 14.4 Å². The fourth-order valence-corrected chi connectivity index (χ4v) is 4.58. The second kappa shape index (κ2) is 11.5. The van der Waals surface area contributed by atoms with Crippen LogP contribution in [0.15, 0.2) is 42.6 Å². The standard InChI is InChI=1S/C26H29ClF4N6/c1-3-10-37(11-4-2)25-33-22(18-7-8-21(28)20(27)16-18)17-23(34-25)35-12-14-36(15-13-35)24-19(26(29,30)31)6-5-9-32-24/h5-9,16-17H,3-4,10-15H2,1-2H3. The molecule has 0 saturated carbocycles. The Bertz CT molecular complexity index is 1210. The van der Waals surface area contributed by atoms with E-state index in [2.05, 4.69) is 23.7 Å². The molecular weight excluding hydrogens is 508 g/mol. The molecule has 0 aliphatic carbocycles. The van der Waals surface area contributed by atoms with Gasteiger partial charge in [-0.05, 0) is 43.2 Å². The molecule has 0 atom stereocenters. The van der Waals surface area contributed by atoms with E-state index in [0.717, 1.165) is 32.0 Å². The van der Waals surface area contributed by atoms with Gasteiger partial charge >= 0.3 is 6.18 Å². The number of piperazine rings is 1. The molecule has 1 fully saturated rings.